The summed E-state index contributed by atoms with van der Waals surface area (Å²) in [4.78, 5) is 10.4. The standard InChI is InChI=1S/C9H13N3O3/c13-9(14)11-7-3-1-6(2-4-7)8-12-10-5-15-8/h5-7,11H,1-4H2,(H,13,14)/t6-,7-. The summed E-state index contributed by atoms with van der Waals surface area (Å²) in [6.07, 6.45) is 3.84. The van der Waals surface area contributed by atoms with E-state index in [1.165, 1.54) is 6.39 Å². The average Bonchev–Trinajstić information content (AvgIpc) is 2.71. The fourth-order valence-electron chi connectivity index (χ4n) is 2.02. The molecule has 6 nitrogen and oxygen atoms in total. The minimum atomic E-state index is -0.948. The van der Waals surface area contributed by atoms with Crippen molar-refractivity contribution in [3.8, 4) is 0 Å². The van der Waals surface area contributed by atoms with Crippen molar-refractivity contribution in [3.63, 3.8) is 0 Å². The molecule has 0 aromatic carbocycles. The van der Waals surface area contributed by atoms with Gasteiger partial charge in [0.2, 0.25) is 12.3 Å². The summed E-state index contributed by atoms with van der Waals surface area (Å²) in [7, 11) is 0. The Morgan fingerprint density at radius 3 is 2.73 bits per heavy atom. The van der Waals surface area contributed by atoms with Gasteiger partial charge in [-0.2, -0.15) is 0 Å². The Morgan fingerprint density at radius 2 is 2.20 bits per heavy atom. The molecule has 1 heterocycles. The molecular formula is C9H13N3O3. The van der Waals surface area contributed by atoms with Crippen LogP contribution < -0.4 is 5.32 Å². The lowest BCUT2D eigenvalue weighted by molar-refractivity contribution is 0.184. The minimum absolute atomic E-state index is 0.0710. The van der Waals surface area contributed by atoms with Gasteiger partial charge in [-0.25, -0.2) is 4.79 Å². The molecule has 1 aromatic rings. The molecule has 2 rings (SSSR count). The summed E-state index contributed by atoms with van der Waals surface area (Å²) in [5.74, 6) is 0.961. The summed E-state index contributed by atoms with van der Waals surface area (Å²) in [5.41, 5.74) is 0. The van der Waals surface area contributed by atoms with E-state index in [-0.39, 0.29) is 6.04 Å². The first-order chi connectivity index (χ1) is 7.25. The quantitative estimate of drug-likeness (QED) is 0.771. The van der Waals surface area contributed by atoms with E-state index >= 15 is 0 Å². The molecule has 1 aliphatic carbocycles. The molecule has 1 saturated carbocycles. The van der Waals surface area contributed by atoms with E-state index < -0.39 is 6.09 Å². The molecule has 0 radical (unpaired) electrons. The molecule has 2 N–H and O–H groups in total. The van der Waals surface area contributed by atoms with Crippen molar-refractivity contribution in [2.24, 2.45) is 0 Å². The number of carboxylic acid groups (broad SMARTS) is 1. The zero-order chi connectivity index (χ0) is 10.7. The Hall–Kier alpha value is -1.59. The second-order valence-corrected chi connectivity index (χ2v) is 3.78. The van der Waals surface area contributed by atoms with Crippen molar-refractivity contribution in [2.45, 2.75) is 37.6 Å². The molecule has 1 fully saturated rings. The van der Waals surface area contributed by atoms with E-state index in [1.54, 1.807) is 0 Å². The van der Waals surface area contributed by atoms with Crippen LogP contribution in [0.4, 0.5) is 4.79 Å². The van der Waals surface area contributed by atoms with Gasteiger partial charge in [0.15, 0.2) is 0 Å². The Morgan fingerprint density at radius 1 is 1.47 bits per heavy atom. The van der Waals surface area contributed by atoms with Gasteiger partial charge >= 0.3 is 6.09 Å². The highest BCUT2D eigenvalue weighted by Gasteiger charge is 2.26. The van der Waals surface area contributed by atoms with Crippen LogP contribution in [0.25, 0.3) is 0 Å². The monoisotopic (exact) mass is 211 g/mol. The first-order valence-corrected chi connectivity index (χ1v) is 5.01. The summed E-state index contributed by atoms with van der Waals surface area (Å²) in [6.45, 7) is 0. The van der Waals surface area contributed by atoms with Crippen LogP contribution in [0.15, 0.2) is 10.8 Å². The van der Waals surface area contributed by atoms with Crippen LogP contribution in [-0.2, 0) is 0 Å². The maximum atomic E-state index is 10.4. The third-order valence-corrected chi connectivity index (χ3v) is 2.78. The average molecular weight is 211 g/mol. The van der Waals surface area contributed by atoms with Crippen LogP contribution in [0.1, 0.15) is 37.5 Å². The first-order valence-electron chi connectivity index (χ1n) is 5.01. The second-order valence-electron chi connectivity index (χ2n) is 3.78. The number of aromatic nitrogens is 2. The fraction of sp³-hybridized carbons (Fsp3) is 0.667. The number of nitrogens with one attached hydrogen (secondary N) is 1. The highest BCUT2D eigenvalue weighted by Crippen LogP contribution is 2.31. The molecule has 0 unspecified atom stereocenters. The lowest BCUT2D eigenvalue weighted by Crippen LogP contribution is -2.36. The molecule has 0 aliphatic heterocycles. The van der Waals surface area contributed by atoms with Crippen molar-refractivity contribution in [3.05, 3.63) is 12.3 Å². The Kier molecular flexibility index (Phi) is 2.84. The van der Waals surface area contributed by atoms with Gasteiger partial charge in [-0.1, -0.05) is 0 Å². The molecule has 0 atom stereocenters. The Labute approximate surface area is 86.7 Å². The number of hydrogen-bond acceptors (Lipinski definition) is 4. The van der Waals surface area contributed by atoms with Crippen molar-refractivity contribution >= 4 is 6.09 Å². The SMILES string of the molecule is O=C(O)N[C@H]1CC[C@H](c2nnco2)CC1. The number of rotatable bonds is 2. The zero-order valence-electron chi connectivity index (χ0n) is 8.22. The third-order valence-electron chi connectivity index (χ3n) is 2.78. The highest BCUT2D eigenvalue weighted by molar-refractivity contribution is 5.64. The predicted molar refractivity (Wildman–Crippen MR) is 50.5 cm³/mol. The Bertz CT molecular complexity index is 317. The highest BCUT2D eigenvalue weighted by atomic mass is 16.4. The van der Waals surface area contributed by atoms with Crippen molar-refractivity contribution < 1.29 is 14.3 Å². The topological polar surface area (TPSA) is 88.2 Å². The summed E-state index contributed by atoms with van der Waals surface area (Å²) in [6, 6.07) is 0.0710. The lowest BCUT2D eigenvalue weighted by Gasteiger charge is -2.26. The smallest absolute Gasteiger partial charge is 0.404 e. The van der Waals surface area contributed by atoms with Gasteiger partial charge in [0.1, 0.15) is 0 Å². The van der Waals surface area contributed by atoms with Crippen LogP contribution in [0.2, 0.25) is 0 Å². The minimum Gasteiger partial charge on any atom is -0.465 e. The summed E-state index contributed by atoms with van der Waals surface area (Å²) in [5, 5.41) is 18.6. The van der Waals surface area contributed by atoms with Gasteiger partial charge in [-0.05, 0) is 25.7 Å². The van der Waals surface area contributed by atoms with Gasteiger partial charge < -0.3 is 14.8 Å². The largest absolute Gasteiger partial charge is 0.465 e. The van der Waals surface area contributed by atoms with Crippen LogP contribution in [0, 0.1) is 0 Å². The molecular weight excluding hydrogens is 198 g/mol. The van der Waals surface area contributed by atoms with E-state index in [4.69, 9.17) is 9.52 Å². The zero-order valence-corrected chi connectivity index (χ0v) is 8.22. The van der Waals surface area contributed by atoms with Gasteiger partial charge in [0, 0.05) is 12.0 Å². The summed E-state index contributed by atoms with van der Waals surface area (Å²) < 4.78 is 5.13. The van der Waals surface area contributed by atoms with E-state index in [2.05, 4.69) is 15.5 Å². The molecule has 1 amide bonds. The number of carbonyl (C=O) groups is 1. The first kappa shape index (κ1) is 9.95. The van der Waals surface area contributed by atoms with Crippen LogP contribution in [0.3, 0.4) is 0 Å². The van der Waals surface area contributed by atoms with Crippen LogP contribution in [-0.4, -0.2) is 27.4 Å². The van der Waals surface area contributed by atoms with E-state index in [0.717, 1.165) is 25.7 Å². The molecule has 6 heteroatoms. The number of amides is 1. The second kappa shape index (κ2) is 4.29. The summed E-state index contributed by atoms with van der Waals surface area (Å²) >= 11 is 0. The molecule has 0 spiro atoms. The molecule has 1 aliphatic rings. The molecule has 82 valence electrons. The third kappa shape index (κ3) is 2.45. The fourth-order valence-corrected chi connectivity index (χ4v) is 2.02. The van der Waals surface area contributed by atoms with Crippen molar-refractivity contribution in [2.75, 3.05) is 0 Å². The van der Waals surface area contributed by atoms with Gasteiger partial charge in [-0.3, -0.25) is 0 Å². The predicted octanol–water partition coefficient (Wildman–Crippen LogP) is 1.36. The molecule has 0 saturated heterocycles. The number of nitrogens with zero attached hydrogens (tertiary/aromatic N) is 2. The van der Waals surface area contributed by atoms with Gasteiger partial charge in [0.05, 0.1) is 0 Å². The molecule has 1 aromatic heterocycles. The normalized spacial score (nSPS) is 26.1. The Balaban J connectivity index is 1.84. The van der Waals surface area contributed by atoms with E-state index in [0.29, 0.717) is 11.8 Å². The maximum absolute atomic E-state index is 10.4. The van der Waals surface area contributed by atoms with Crippen molar-refractivity contribution in [1.29, 1.82) is 0 Å². The van der Waals surface area contributed by atoms with E-state index in [9.17, 15) is 4.79 Å². The molecule has 15 heavy (non-hydrogen) atoms. The molecule has 0 bridgehead atoms. The van der Waals surface area contributed by atoms with Crippen LogP contribution in [0.5, 0.6) is 0 Å². The van der Waals surface area contributed by atoms with E-state index in [1.807, 2.05) is 0 Å². The number of hydrogen-bond donors (Lipinski definition) is 2. The van der Waals surface area contributed by atoms with Crippen molar-refractivity contribution in [1.82, 2.24) is 15.5 Å². The van der Waals surface area contributed by atoms with Gasteiger partial charge in [-0.15, -0.1) is 10.2 Å². The van der Waals surface area contributed by atoms with Crippen LogP contribution >= 0.6 is 0 Å². The van der Waals surface area contributed by atoms with Gasteiger partial charge in [0.25, 0.3) is 0 Å². The maximum Gasteiger partial charge on any atom is 0.404 e. The lowest BCUT2D eigenvalue weighted by atomic mass is 9.86.